The predicted molar refractivity (Wildman–Crippen MR) is 126 cm³/mol. The summed E-state index contributed by atoms with van der Waals surface area (Å²) in [5.74, 6) is 3.17. The highest BCUT2D eigenvalue weighted by Gasteiger charge is 2.61. The third-order valence-corrected chi connectivity index (χ3v) is 10.7. The van der Waals surface area contributed by atoms with E-state index >= 15 is 0 Å². The Kier molecular flexibility index (Phi) is 18.9. The van der Waals surface area contributed by atoms with Crippen LogP contribution in [0.15, 0.2) is 0 Å². The van der Waals surface area contributed by atoms with Crippen LogP contribution in [-0.4, -0.2) is 30.0 Å². The zero-order valence-electron chi connectivity index (χ0n) is 18.6. The SMILES string of the molecule is C#CCCOC([PH+]=O)(SCCCCCCCCCCCC)P(=O)(OCC)OCC. The molecule has 29 heavy (non-hydrogen) atoms. The van der Waals surface area contributed by atoms with Crippen LogP contribution in [0.25, 0.3) is 0 Å². The second-order valence-electron chi connectivity index (χ2n) is 6.85. The maximum atomic E-state index is 13.3. The number of thioether (sulfide) groups is 1. The van der Waals surface area contributed by atoms with Gasteiger partial charge >= 0.3 is 20.5 Å². The minimum absolute atomic E-state index is 0.168. The Labute approximate surface area is 184 Å². The average Bonchev–Trinajstić information content (AvgIpc) is 2.71. The van der Waals surface area contributed by atoms with Crippen LogP contribution >= 0.6 is 27.8 Å². The first kappa shape index (κ1) is 29.1. The average molecular weight is 468 g/mol. The first-order valence-corrected chi connectivity index (χ1v) is 14.5. The number of terminal acetylenes is 1. The predicted octanol–water partition coefficient (Wildman–Crippen LogP) is 7.58. The molecule has 5 nitrogen and oxygen atoms in total. The Morgan fingerprint density at radius 1 is 0.931 bits per heavy atom. The minimum atomic E-state index is -3.71. The van der Waals surface area contributed by atoms with Crippen LogP contribution in [0.2, 0.25) is 0 Å². The van der Waals surface area contributed by atoms with Crippen LogP contribution in [0.4, 0.5) is 0 Å². The van der Waals surface area contributed by atoms with Gasteiger partial charge < -0.3 is 13.8 Å². The quantitative estimate of drug-likeness (QED) is 0.0750. The highest BCUT2D eigenvalue weighted by molar-refractivity contribution is 8.11. The minimum Gasteiger partial charge on any atom is -0.314 e. The molecule has 0 amide bonds. The molecule has 2 atom stereocenters. The standard InChI is InChI=1S/C21H40O5P2S/c1-5-9-11-12-13-14-15-16-17-18-20-29-21(27-22,24-19-10-6-2)28(23,25-7-3)26-8-4/h2H,5,7-20H2,1,3-4H3/p+1. The molecule has 0 heterocycles. The number of hydrogen-bond donors (Lipinski definition) is 0. The molecule has 0 aromatic rings. The fourth-order valence-corrected chi connectivity index (χ4v) is 7.81. The summed E-state index contributed by atoms with van der Waals surface area (Å²) in [7, 11) is -4.69. The summed E-state index contributed by atoms with van der Waals surface area (Å²) in [6.45, 7) is 6.27. The van der Waals surface area contributed by atoms with Gasteiger partial charge in [0.15, 0.2) is 0 Å². The van der Waals surface area contributed by atoms with Gasteiger partial charge in [-0.05, 0) is 20.3 Å². The lowest BCUT2D eigenvalue weighted by atomic mass is 10.1. The number of rotatable bonds is 21. The van der Waals surface area contributed by atoms with Gasteiger partial charge in [-0.1, -0.05) is 81.0 Å². The number of unbranched alkanes of at least 4 members (excludes halogenated alkanes) is 9. The van der Waals surface area contributed by atoms with Crippen LogP contribution in [0.5, 0.6) is 0 Å². The van der Waals surface area contributed by atoms with Gasteiger partial charge in [-0.2, -0.15) is 0 Å². The molecule has 0 saturated heterocycles. The lowest BCUT2D eigenvalue weighted by Crippen LogP contribution is -2.26. The van der Waals surface area contributed by atoms with E-state index in [1.165, 1.54) is 63.1 Å². The molecule has 0 aliphatic carbocycles. The zero-order valence-corrected chi connectivity index (χ0v) is 21.3. The first-order valence-electron chi connectivity index (χ1n) is 11.1. The van der Waals surface area contributed by atoms with Gasteiger partial charge in [-0.25, -0.2) is 0 Å². The fraction of sp³-hybridized carbons (Fsp3) is 0.905. The van der Waals surface area contributed by atoms with E-state index in [0.29, 0.717) is 12.2 Å². The van der Waals surface area contributed by atoms with Crippen molar-refractivity contribution in [3.63, 3.8) is 0 Å². The summed E-state index contributed by atoms with van der Waals surface area (Å²) < 4.78 is 40.7. The topological polar surface area (TPSA) is 61.8 Å². The summed E-state index contributed by atoms with van der Waals surface area (Å²) in [5, 5.41) is 0. The summed E-state index contributed by atoms with van der Waals surface area (Å²) >= 11 is 1.28. The molecule has 0 rings (SSSR count). The molecule has 0 aromatic heterocycles. The molecule has 0 aliphatic heterocycles. The highest BCUT2D eigenvalue weighted by Crippen LogP contribution is 2.70. The van der Waals surface area contributed by atoms with Crippen LogP contribution < -0.4 is 0 Å². The van der Waals surface area contributed by atoms with E-state index in [1.54, 1.807) is 13.8 Å². The fourth-order valence-electron chi connectivity index (χ4n) is 2.91. The van der Waals surface area contributed by atoms with E-state index in [2.05, 4.69) is 12.8 Å². The van der Waals surface area contributed by atoms with Crippen molar-refractivity contribution in [1.82, 2.24) is 0 Å². The van der Waals surface area contributed by atoms with Crippen molar-refractivity contribution in [3.05, 3.63) is 0 Å². The zero-order chi connectivity index (χ0) is 21.8. The van der Waals surface area contributed by atoms with Gasteiger partial charge in [0.05, 0.1) is 19.8 Å². The Morgan fingerprint density at radius 3 is 1.90 bits per heavy atom. The Morgan fingerprint density at radius 2 is 1.45 bits per heavy atom. The monoisotopic (exact) mass is 467 g/mol. The third-order valence-electron chi connectivity index (χ3n) is 4.43. The van der Waals surface area contributed by atoms with Crippen molar-refractivity contribution >= 4 is 27.8 Å². The van der Waals surface area contributed by atoms with Gasteiger partial charge in [0, 0.05) is 12.2 Å². The summed E-state index contributed by atoms with van der Waals surface area (Å²) in [4.78, 5) is 0. The van der Waals surface area contributed by atoms with Crippen LogP contribution in [0.1, 0.15) is 91.4 Å². The molecule has 0 bridgehead atoms. The van der Waals surface area contributed by atoms with E-state index in [1.807, 2.05) is 0 Å². The van der Waals surface area contributed by atoms with Gasteiger partial charge in [0.1, 0.15) is 0 Å². The molecule has 0 aromatic carbocycles. The lowest BCUT2D eigenvalue weighted by Gasteiger charge is -2.27. The van der Waals surface area contributed by atoms with E-state index in [9.17, 15) is 9.13 Å². The number of hydrogen-bond acceptors (Lipinski definition) is 6. The van der Waals surface area contributed by atoms with Crippen LogP contribution in [0.3, 0.4) is 0 Å². The van der Waals surface area contributed by atoms with Crippen molar-refractivity contribution in [2.45, 2.75) is 95.8 Å². The van der Waals surface area contributed by atoms with Crippen molar-refractivity contribution < 1.29 is 22.9 Å². The lowest BCUT2D eigenvalue weighted by molar-refractivity contribution is 0.0981. The molecule has 0 radical (unpaired) electrons. The summed E-state index contributed by atoms with van der Waals surface area (Å²) in [5.41, 5.74) is 0. The Hall–Kier alpha value is 0.120. The third kappa shape index (κ3) is 11.9. The molecule has 0 aliphatic rings. The summed E-state index contributed by atoms with van der Waals surface area (Å²) in [6.07, 6.45) is 18.1. The van der Waals surface area contributed by atoms with Crippen LogP contribution in [-0.2, 0) is 22.9 Å². The van der Waals surface area contributed by atoms with E-state index < -0.39 is 20.5 Å². The molecular formula is C21H41O5P2S+. The molecule has 170 valence electrons. The van der Waals surface area contributed by atoms with Crippen molar-refractivity contribution in [3.8, 4) is 12.3 Å². The molecular weight excluding hydrogens is 426 g/mol. The molecule has 0 fully saturated rings. The first-order chi connectivity index (χ1) is 14.1. The van der Waals surface area contributed by atoms with Gasteiger partial charge in [-0.3, -0.25) is 4.57 Å². The van der Waals surface area contributed by atoms with E-state index in [4.69, 9.17) is 20.2 Å². The van der Waals surface area contributed by atoms with Gasteiger partial charge in [0.2, 0.25) is 0 Å². The van der Waals surface area contributed by atoms with Crippen LogP contribution in [0, 0.1) is 12.3 Å². The largest absolute Gasteiger partial charge is 0.423 e. The maximum Gasteiger partial charge on any atom is 0.423 e. The molecule has 0 N–H and O–H groups in total. The van der Waals surface area contributed by atoms with Crippen molar-refractivity contribution in [2.24, 2.45) is 0 Å². The number of ether oxygens (including phenoxy) is 1. The maximum absolute atomic E-state index is 13.3. The molecule has 0 spiro atoms. The molecule has 0 saturated carbocycles. The van der Waals surface area contributed by atoms with Crippen molar-refractivity contribution in [2.75, 3.05) is 25.6 Å². The van der Waals surface area contributed by atoms with Crippen molar-refractivity contribution in [1.29, 1.82) is 0 Å². The van der Waals surface area contributed by atoms with E-state index in [0.717, 1.165) is 12.8 Å². The molecule has 2 unspecified atom stereocenters. The smallest absolute Gasteiger partial charge is 0.314 e. The Bertz CT molecular complexity index is 488. The Balaban J connectivity index is 4.53. The van der Waals surface area contributed by atoms with Gasteiger partial charge in [0.25, 0.3) is 0 Å². The second-order valence-corrected chi connectivity index (χ2v) is 12.3. The van der Waals surface area contributed by atoms with Gasteiger partial charge in [-0.15, -0.1) is 12.3 Å². The molecule has 8 heteroatoms. The second kappa shape index (κ2) is 18.9. The van der Waals surface area contributed by atoms with E-state index in [-0.39, 0.29) is 19.8 Å². The normalized spacial score (nSPS) is 14.0. The highest BCUT2D eigenvalue weighted by atomic mass is 32.2. The summed E-state index contributed by atoms with van der Waals surface area (Å²) in [6, 6.07) is 0.